The molecule has 1 aromatic heterocycles. The van der Waals surface area contributed by atoms with E-state index in [1.54, 1.807) is 6.20 Å². The zero-order valence-corrected chi connectivity index (χ0v) is 17.4. The number of carbonyl (C=O) groups excluding carboxylic acids is 1. The van der Waals surface area contributed by atoms with Crippen molar-refractivity contribution in [1.82, 2.24) is 20.5 Å². The summed E-state index contributed by atoms with van der Waals surface area (Å²) >= 11 is 0. The van der Waals surface area contributed by atoms with Crippen molar-refractivity contribution in [2.24, 2.45) is 5.92 Å². The van der Waals surface area contributed by atoms with Crippen LogP contribution < -0.4 is 20.7 Å². The number of likely N-dealkylation sites (tertiary alicyclic amines) is 1. The van der Waals surface area contributed by atoms with E-state index >= 15 is 0 Å². The average Bonchev–Trinajstić information content (AvgIpc) is 3.45. The van der Waals surface area contributed by atoms with Gasteiger partial charge in [0.1, 0.15) is 11.6 Å². The Labute approximate surface area is 174 Å². The molecular weight excluding hydrogens is 366 g/mol. The van der Waals surface area contributed by atoms with Crippen LogP contribution in [0.3, 0.4) is 0 Å². The van der Waals surface area contributed by atoms with Crippen LogP contribution in [0.2, 0.25) is 0 Å². The van der Waals surface area contributed by atoms with Crippen molar-refractivity contribution in [2.75, 3.05) is 44.6 Å². The van der Waals surface area contributed by atoms with Gasteiger partial charge in [-0.3, -0.25) is 4.79 Å². The number of nitrogens with zero attached hydrogens (tertiary/aromatic N) is 2. The van der Waals surface area contributed by atoms with E-state index in [2.05, 4.69) is 20.9 Å². The fourth-order valence-corrected chi connectivity index (χ4v) is 4.68. The molecule has 0 aliphatic carbocycles. The number of ether oxygens (including phenoxy) is 1. The lowest BCUT2D eigenvalue weighted by molar-refractivity contribution is -0.131. The Morgan fingerprint density at radius 3 is 2.83 bits per heavy atom. The first-order chi connectivity index (χ1) is 14.3. The SMILES string of the molecule is O=C([C@@H]1C[C@H](Nc2ccc(OCCCC3CCNCC3)cn2)CN1)N1CCCC1. The Morgan fingerprint density at radius 1 is 1.24 bits per heavy atom. The number of hydrogen-bond acceptors (Lipinski definition) is 6. The van der Waals surface area contributed by atoms with Gasteiger partial charge in [0, 0.05) is 25.7 Å². The zero-order valence-electron chi connectivity index (χ0n) is 17.4. The smallest absolute Gasteiger partial charge is 0.239 e. The van der Waals surface area contributed by atoms with Gasteiger partial charge < -0.3 is 25.6 Å². The Kier molecular flexibility index (Phi) is 7.22. The van der Waals surface area contributed by atoms with E-state index in [-0.39, 0.29) is 18.0 Å². The van der Waals surface area contributed by atoms with E-state index in [9.17, 15) is 4.79 Å². The van der Waals surface area contributed by atoms with Gasteiger partial charge in [-0.15, -0.1) is 0 Å². The molecule has 1 aromatic rings. The zero-order chi connectivity index (χ0) is 19.9. The fourth-order valence-electron chi connectivity index (χ4n) is 4.68. The second kappa shape index (κ2) is 10.3. The minimum atomic E-state index is -0.0619. The Bertz CT molecular complexity index is 641. The minimum Gasteiger partial charge on any atom is -0.492 e. The number of amides is 1. The van der Waals surface area contributed by atoms with Crippen LogP contribution >= 0.6 is 0 Å². The van der Waals surface area contributed by atoms with E-state index in [0.29, 0.717) is 0 Å². The van der Waals surface area contributed by atoms with Crippen molar-refractivity contribution in [2.45, 2.75) is 57.0 Å². The Hall–Kier alpha value is -1.86. The highest BCUT2D eigenvalue weighted by Gasteiger charge is 2.33. The van der Waals surface area contributed by atoms with E-state index in [4.69, 9.17) is 4.74 Å². The van der Waals surface area contributed by atoms with Gasteiger partial charge >= 0.3 is 0 Å². The van der Waals surface area contributed by atoms with Gasteiger partial charge in [-0.25, -0.2) is 4.98 Å². The van der Waals surface area contributed by atoms with E-state index in [0.717, 1.165) is 82.5 Å². The number of carbonyl (C=O) groups is 1. The van der Waals surface area contributed by atoms with Gasteiger partial charge in [-0.05, 0) is 76.1 Å². The molecule has 2 atom stereocenters. The van der Waals surface area contributed by atoms with Crippen LogP contribution in [0.25, 0.3) is 0 Å². The minimum absolute atomic E-state index is 0.0619. The van der Waals surface area contributed by atoms with E-state index < -0.39 is 0 Å². The third-order valence-electron chi connectivity index (χ3n) is 6.42. The predicted octanol–water partition coefficient (Wildman–Crippen LogP) is 2.00. The molecule has 29 heavy (non-hydrogen) atoms. The molecule has 0 unspecified atom stereocenters. The second-order valence-corrected chi connectivity index (χ2v) is 8.63. The summed E-state index contributed by atoms with van der Waals surface area (Å²) < 4.78 is 5.86. The summed E-state index contributed by atoms with van der Waals surface area (Å²) in [5, 5.41) is 10.2. The number of aromatic nitrogens is 1. The molecular formula is C22H35N5O2. The van der Waals surface area contributed by atoms with Crippen LogP contribution in [0.4, 0.5) is 5.82 Å². The molecule has 3 saturated heterocycles. The lowest BCUT2D eigenvalue weighted by Crippen LogP contribution is -2.42. The highest BCUT2D eigenvalue weighted by molar-refractivity contribution is 5.82. The van der Waals surface area contributed by atoms with Crippen molar-refractivity contribution < 1.29 is 9.53 Å². The molecule has 0 radical (unpaired) electrons. The molecule has 7 heteroatoms. The summed E-state index contributed by atoms with van der Waals surface area (Å²) in [6, 6.07) is 4.12. The summed E-state index contributed by atoms with van der Waals surface area (Å²) in [5.74, 6) is 2.78. The first-order valence-electron chi connectivity index (χ1n) is 11.4. The molecule has 0 aromatic carbocycles. The number of hydrogen-bond donors (Lipinski definition) is 3. The van der Waals surface area contributed by atoms with Crippen LogP contribution in [-0.2, 0) is 4.79 Å². The first kappa shape index (κ1) is 20.4. The summed E-state index contributed by atoms with van der Waals surface area (Å²) in [6.07, 6.45) is 9.82. The molecule has 7 nitrogen and oxygen atoms in total. The van der Waals surface area contributed by atoms with Crippen LogP contribution in [-0.4, -0.2) is 67.2 Å². The third-order valence-corrected chi connectivity index (χ3v) is 6.42. The van der Waals surface area contributed by atoms with Crippen LogP contribution in [0.5, 0.6) is 5.75 Å². The maximum absolute atomic E-state index is 12.5. The van der Waals surface area contributed by atoms with Crippen molar-refractivity contribution >= 4 is 11.7 Å². The highest BCUT2D eigenvalue weighted by atomic mass is 16.5. The standard InChI is InChI=1S/C22H35N5O2/c28-22(27-11-1-2-12-27)20-14-18(15-24-20)26-21-6-5-19(16-25-21)29-13-3-4-17-7-9-23-10-8-17/h5-6,16-18,20,23-24H,1-4,7-15H2,(H,25,26)/t18-,20-/m0/s1. The van der Waals surface area contributed by atoms with Crippen molar-refractivity contribution in [3.63, 3.8) is 0 Å². The molecule has 4 rings (SSSR count). The van der Waals surface area contributed by atoms with E-state index in [1.807, 2.05) is 17.0 Å². The van der Waals surface area contributed by atoms with Gasteiger partial charge in [0.15, 0.2) is 0 Å². The van der Waals surface area contributed by atoms with Gasteiger partial charge in [0.25, 0.3) is 0 Å². The molecule has 3 fully saturated rings. The summed E-state index contributed by atoms with van der Waals surface area (Å²) in [5.41, 5.74) is 0. The molecule has 160 valence electrons. The Balaban J connectivity index is 1.15. The summed E-state index contributed by atoms with van der Waals surface area (Å²) in [4.78, 5) is 19.0. The fraction of sp³-hybridized carbons (Fsp3) is 0.727. The molecule has 4 heterocycles. The van der Waals surface area contributed by atoms with Gasteiger partial charge in [0.05, 0.1) is 18.8 Å². The molecule has 0 spiro atoms. The molecule has 3 aliphatic heterocycles. The molecule has 0 saturated carbocycles. The number of piperidine rings is 1. The average molecular weight is 402 g/mol. The van der Waals surface area contributed by atoms with Crippen molar-refractivity contribution in [3.05, 3.63) is 18.3 Å². The summed E-state index contributed by atoms with van der Waals surface area (Å²) in [6.45, 7) is 5.69. The quantitative estimate of drug-likeness (QED) is 0.579. The highest BCUT2D eigenvalue weighted by Crippen LogP contribution is 2.20. The predicted molar refractivity (Wildman–Crippen MR) is 114 cm³/mol. The second-order valence-electron chi connectivity index (χ2n) is 8.63. The normalized spacial score (nSPS) is 25.3. The maximum atomic E-state index is 12.5. The largest absolute Gasteiger partial charge is 0.492 e. The van der Waals surface area contributed by atoms with Crippen molar-refractivity contribution in [3.8, 4) is 5.75 Å². The van der Waals surface area contributed by atoms with Crippen LogP contribution in [0, 0.1) is 5.92 Å². The molecule has 0 bridgehead atoms. The summed E-state index contributed by atoms with van der Waals surface area (Å²) in [7, 11) is 0. The topological polar surface area (TPSA) is 78.5 Å². The van der Waals surface area contributed by atoms with Gasteiger partial charge in [-0.1, -0.05) is 0 Å². The monoisotopic (exact) mass is 401 g/mol. The first-order valence-corrected chi connectivity index (χ1v) is 11.4. The lowest BCUT2D eigenvalue weighted by Gasteiger charge is -2.22. The van der Waals surface area contributed by atoms with Crippen molar-refractivity contribution in [1.29, 1.82) is 0 Å². The molecule has 1 amide bonds. The number of nitrogens with one attached hydrogen (secondary N) is 3. The Morgan fingerprint density at radius 2 is 2.07 bits per heavy atom. The molecule has 3 aliphatic rings. The van der Waals surface area contributed by atoms with Gasteiger partial charge in [0.2, 0.25) is 5.91 Å². The van der Waals surface area contributed by atoms with E-state index in [1.165, 1.54) is 19.3 Å². The molecule has 3 N–H and O–H groups in total. The number of rotatable bonds is 8. The van der Waals surface area contributed by atoms with Crippen LogP contribution in [0.15, 0.2) is 18.3 Å². The number of anilines is 1. The van der Waals surface area contributed by atoms with Gasteiger partial charge in [-0.2, -0.15) is 0 Å². The van der Waals surface area contributed by atoms with Crippen LogP contribution in [0.1, 0.15) is 44.9 Å². The lowest BCUT2D eigenvalue weighted by atomic mass is 9.93. The maximum Gasteiger partial charge on any atom is 0.239 e. The third kappa shape index (κ3) is 5.82. The number of pyridine rings is 1.